The quantitative estimate of drug-likeness (QED) is 0.260. The molecule has 0 radical (unpaired) electrons. The number of nitrogens with one attached hydrogen (secondary N) is 1. The molecular formula is C25H21N3O6. The maximum atomic E-state index is 12.7. The van der Waals surface area contributed by atoms with Crippen molar-refractivity contribution in [1.29, 1.82) is 0 Å². The standard InChI is InChI=1S/C25H21N3O6/c1-16-5-3-6-17(2)24(16)32-15-21-8-9-23(34-21)25(29)27-18-11-19(28(30)31)13-22(12-18)33-20-7-4-10-26-14-20/h3-14H,15H2,1-2H3,(H,27,29). The van der Waals surface area contributed by atoms with E-state index in [4.69, 9.17) is 13.9 Å². The van der Waals surface area contributed by atoms with Crippen molar-refractivity contribution in [2.24, 2.45) is 0 Å². The van der Waals surface area contributed by atoms with Gasteiger partial charge in [-0.3, -0.25) is 19.9 Å². The SMILES string of the molecule is Cc1cccc(C)c1OCc1ccc(C(=O)Nc2cc(Oc3cccnc3)cc([N+](=O)[O-])c2)o1. The van der Waals surface area contributed by atoms with Crippen LogP contribution in [0.4, 0.5) is 11.4 Å². The summed E-state index contributed by atoms with van der Waals surface area (Å²) >= 11 is 0. The summed E-state index contributed by atoms with van der Waals surface area (Å²) in [5, 5.41) is 14.0. The highest BCUT2D eigenvalue weighted by Crippen LogP contribution is 2.30. The molecule has 1 N–H and O–H groups in total. The molecule has 0 atom stereocenters. The number of hydrogen-bond donors (Lipinski definition) is 1. The molecule has 0 unspecified atom stereocenters. The third-order valence-corrected chi connectivity index (χ3v) is 4.88. The van der Waals surface area contributed by atoms with Gasteiger partial charge in [0.05, 0.1) is 22.9 Å². The molecule has 2 aromatic heterocycles. The minimum Gasteiger partial charge on any atom is -0.485 e. The predicted molar refractivity (Wildman–Crippen MR) is 124 cm³/mol. The Morgan fingerprint density at radius 1 is 1.06 bits per heavy atom. The highest BCUT2D eigenvalue weighted by atomic mass is 16.6. The van der Waals surface area contributed by atoms with Crippen molar-refractivity contribution in [1.82, 2.24) is 4.98 Å². The summed E-state index contributed by atoms with van der Waals surface area (Å²) < 4.78 is 17.1. The molecule has 0 spiro atoms. The highest BCUT2D eigenvalue weighted by molar-refractivity contribution is 6.02. The molecule has 4 rings (SSSR count). The van der Waals surface area contributed by atoms with E-state index < -0.39 is 10.8 Å². The van der Waals surface area contributed by atoms with Gasteiger partial charge in [0.15, 0.2) is 5.76 Å². The molecule has 34 heavy (non-hydrogen) atoms. The molecule has 9 heteroatoms. The van der Waals surface area contributed by atoms with Crippen LogP contribution in [0.2, 0.25) is 0 Å². The van der Waals surface area contributed by atoms with Gasteiger partial charge in [-0.2, -0.15) is 0 Å². The lowest BCUT2D eigenvalue weighted by Crippen LogP contribution is -2.11. The summed E-state index contributed by atoms with van der Waals surface area (Å²) in [4.78, 5) is 27.4. The number of amides is 1. The van der Waals surface area contributed by atoms with Gasteiger partial charge in [-0.1, -0.05) is 18.2 Å². The minimum absolute atomic E-state index is 0.0429. The van der Waals surface area contributed by atoms with Crippen LogP contribution in [0.25, 0.3) is 0 Å². The molecule has 1 amide bonds. The van der Waals surface area contributed by atoms with Gasteiger partial charge in [0.25, 0.3) is 11.6 Å². The van der Waals surface area contributed by atoms with Crippen LogP contribution in [0.3, 0.4) is 0 Å². The number of pyridine rings is 1. The maximum absolute atomic E-state index is 12.7. The first-order valence-corrected chi connectivity index (χ1v) is 10.4. The fourth-order valence-corrected chi connectivity index (χ4v) is 3.30. The Kier molecular flexibility index (Phi) is 6.54. The number of carbonyl (C=O) groups excluding carboxylic acids is 1. The number of non-ortho nitro benzene ring substituents is 1. The summed E-state index contributed by atoms with van der Waals surface area (Å²) in [5.41, 5.74) is 1.95. The number of benzene rings is 2. The highest BCUT2D eigenvalue weighted by Gasteiger charge is 2.17. The predicted octanol–water partition coefficient (Wildman–Crippen LogP) is 5.82. The fraction of sp³-hybridized carbons (Fsp3) is 0.120. The van der Waals surface area contributed by atoms with Gasteiger partial charge in [0.1, 0.15) is 29.6 Å². The van der Waals surface area contributed by atoms with E-state index >= 15 is 0 Å². The number of rotatable bonds is 8. The zero-order valence-corrected chi connectivity index (χ0v) is 18.5. The van der Waals surface area contributed by atoms with E-state index in [0.717, 1.165) is 16.9 Å². The van der Waals surface area contributed by atoms with Gasteiger partial charge in [0, 0.05) is 18.3 Å². The summed E-state index contributed by atoms with van der Waals surface area (Å²) in [6.45, 7) is 4.06. The third-order valence-electron chi connectivity index (χ3n) is 4.88. The van der Waals surface area contributed by atoms with Gasteiger partial charge >= 0.3 is 0 Å². The molecule has 9 nitrogen and oxygen atoms in total. The lowest BCUT2D eigenvalue weighted by atomic mass is 10.1. The molecule has 2 aromatic carbocycles. The number of nitro groups is 1. The summed E-state index contributed by atoms with van der Waals surface area (Å²) in [7, 11) is 0. The largest absolute Gasteiger partial charge is 0.485 e. The average Bonchev–Trinajstić information content (AvgIpc) is 3.28. The molecule has 0 aliphatic carbocycles. The van der Waals surface area contributed by atoms with E-state index in [1.54, 1.807) is 24.4 Å². The molecule has 0 bridgehead atoms. The maximum Gasteiger partial charge on any atom is 0.291 e. The van der Waals surface area contributed by atoms with Crippen LogP contribution >= 0.6 is 0 Å². The summed E-state index contributed by atoms with van der Waals surface area (Å²) in [6.07, 6.45) is 3.05. The number of nitro benzene ring substituents is 1. The zero-order chi connectivity index (χ0) is 24.1. The second-order valence-corrected chi connectivity index (χ2v) is 7.49. The van der Waals surface area contributed by atoms with Gasteiger partial charge in [0.2, 0.25) is 0 Å². The Morgan fingerprint density at radius 3 is 2.56 bits per heavy atom. The first kappa shape index (κ1) is 22.5. The van der Waals surface area contributed by atoms with Crippen molar-refractivity contribution in [3.8, 4) is 17.2 Å². The number of anilines is 1. The smallest absolute Gasteiger partial charge is 0.291 e. The van der Waals surface area contributed by atoms with E-state index in [1.165, 1.54) is 30.5 Å². The van der Waals surface area contributed by atoms with Crippen molar-refractivity contribution >= 4 is 17.3 Å². The summed E-state index contributed by atoms with van der Waals surface area (Å²) in [6, 6.07) is 16.3. The number of carbonyl (C=O) groups is 1. The van der Waals surface area contributed by atoms with Crippen LogP contribution in [-0.4, -0.2) is 15.8 Å². The first-order valence-electron chi connectivity index (χ1n) is 10.4. The fourth-order valence-electron chi connectivity index (χ4n) is 3.30. The lowest BCUT2D eigenvalue weighted by molar-refractivity contribution is -0.384. The van der Waals surface area contributed by atoms with Crippen molar-refractivity contribution in [3.63, 3.8) is 0 Å². The van der Waals surface area contributed by atoms with Crippen LogP contribution in [-0.2, 0) is 6.61 Å². The molecule has 0 fully saturated rings. The molecule has 0 aliphatic rings. The van der Waals surface area contributed by atoms with E-state index in [2.05, 4.69) is 10.3 Å². The van der Waals surface area contributed by atoms with Gasteiger partial charge in [-0.05, 0) is 49.2 Å². The molecule has 4 aromatic rings. The molecular weight excluding hydrogens is 438 g/mol. The number of furan rings is 1. The number of aromatic nitrogens is 1. The third kappa shape index (κ3) is 5.39. The molecule has 0 aliphatic heterocycles. The number of hydrogen-bond acceptors (Lipinski definition) is 7. The van der Waals surface area contributed by atoms with E-state index in [0.29, 0.717) is 11.5 Å². The summed E-state index contributed by atoms with van der Waals surface area (Å²) in [5.74, 6) is 1.29. The number of aryl methyl sites for hydroxylation is 2. The van der Waals surface area contributed by atoms with Gasteiger partial charge < -0.3 is 19.2 Å². The Bertz CT molecular complexity index is 1310. The van der Waals surface area contributed by atoms with Crippen molar-refractivity contribution in [2.75, 3.05) is 5.32 Å². The average molecular weight is 459 g/mol. The zero-order valence-electron chi connectivity index (χ0n) is 18.5. The van der Waals surface area contributed by atoms with Crippen LogP contribution in [0.15, 0.2) is 77.5 Å². The van der Waals surface area contributed by atoms with Crippen LogP contribution in [0, 0.1) is 24.0 Å². The van der Waals surface area contributed by atoms with Crippen molar-refractivity contribution < 1.29 is 23.6 Å². The van der Waals surface area contributed by atoms with Crippen molar-refractivity contribution in [2.45, 2.75) is 20.5 Å². The second-order valence-electron chi connectivity index (χ2n) is 7.49. The molecule has 172 valence electrons. The molecule has 0 saturated heterocycles. The van der Waals surface area contributed by atoms with Crippen LogP contribution < -0.4 is 14.8 Å². The molecule has 2 heterocycles. The second kappa shape index (κ2) is 9.86. The Balaban J connectivity index is 1.47. The Hall–Kier alpha value is -4.66. The topological polar surface area (TPSA) is 117 Å². The van der Waals surface area contributed by atoms with Crippen LogP contribution in [0.1, 0.15) is 27.4 Å². The minimum atomic E-state index is -0.568. The van der Waals surface area contributed by atoms with E-state index in [1.807, 2.05) is 32.0 Å². The number of ether oxygens (including phenoxy) is 2. The lowest BCUT2D eigenvalue weighted by Gasteiger charge is -2.10. The van der Waals surface area contributed by atoms with Gasteiger partial charge in [-0.25, -0.2) is 0 Å². The van der Waals surface area contributed by atoms with Crippen molar-refractivity contribution in [3.05, 3.63) is 106 Å². The first-order chi connectivity index (χ1) is 16.4. The molecule has 0 saturated carbocycles. The number of para-hydroxylation sites is 1. The number of nitrogens with zero attached hydrogens (tertiary/aromatic N) is 2. The van der Waals surface area contributed by atoms with E-state index in [9.17, 15) is 14.9 Å². The van der Waals surface area contributed by atoms with Gasteiger partial charge in [-0.15, -0.1) is 0 Å². The van der Waals surface area contributed by atoms with E-state index in [-0.39, 0.29) is 29.5 Å². The monoisotopic (exact) mass is 459 g/mol. The Morgan fingerprint density at radius 2 is 1.85 bits per heavy atom. The normalized spacial score (nSPS) is 10.5. The Labute approximate surface area is 195 Å². The van der Waals surface area contributed by atoms with Crippen LogP contribution in [0.5, 0.6) is 17.2 Å².